The number of rotatable bonds is 4. The highest BCUT2D eigenvalue weighted by atomic mass is 19.1. The molecule has 1 aromatic carbocycles. The van der Waals surface area contributed by atoms with Crippen molar-refractivity contribution >= 4 is 0 Å². The summed E-state index contributed by atoms with van der Waals surface area (Å²) in [4.78, 5) is 0. The summed E-state index contributed by atoms with van der Waals surface area (Å²) in [5.41, 5.74) is 1.03. The topological polar surface area (TPSA) is 30.5 Å². The summed E-state index contributed by atoms with van der Waals surface area (Å²) in [5.74, 6) is 0.362. The average molecular weight is 239 g/mol. The summed E-state index contributed by atoms with van der Waals surface area (Å²) in [6.07, 6.45) is 0.832. The fourth-order valence-corrected chi connectivity index (χ4v) is 2.24. The van der Waals surface area contributed by atoms with Gasteiger partial charge >= 0.3 is 0 Å². The zero-order chi connectivity index (χ0) is 12.3. The van der Waals surface area contributed by atoms with Crippen LogP contribution in [-0.4, -0.2) is 26.4 Å². The zero-order valence-corrected chi connectivity index (χ0v) is 10.2. The Bertz CT molecular complexity index is 384. The minimum atomic E-state index is -0.267. The van der Waals surface area contributed by atoms with E-state index in [1.54, 1.807) is 13.2 Å². The van der Waals surface area contributed by atoms with Gasteiger partial charge in [-0.05, 0) is 12.6 Å². The molecule has 1 aliphatic heterocycles. The first-order chi connectivity index (χ1) is 8.24. The van der Waals surface area contributed by atoms with Gasteiger partial charge in [0.1, 0.15) is 17.7 Å². The lowest BCUT2D eigenvalue weighted by Crippen LogP contribution is -2.35. The predicted molar refractivity (Wildman–Crippen MR) is 63.7 cm³/mol. The molecule has 1 aromatic rings. The molecule has 2 atom stereocenters. The number of hydrogen-bond acceptors (Lipinski definition) is 3. The minimum absolute atomic E-state index is 0.0154. The lowest BCUT2D eigenvalue weighted by Gasteiger charge is -2.32. The third kappa shape index (κ3) is 2.76. The van der Waals surface area contributed by atoms with Crippen LogP contribution < -0.4 is 10.1 Å². The Hall–Kier alpha value is -1.13. The number of hydrogen-bond donors (Lipinski definition) is 1. The quantitative estimate of drug-likeness (QED) is 0.874. The second kappa shape index (κ2) is 5.47. The lowest BCUT2D eigenvalue weighted by molar-refractivity contribution is 0.0569. The van der Waals surface area contributed by atoms with Gasteiger partial charge < -0.3 is 14.8 Å². The van der Waals surface area contributed by atoms with Gasteiger partial charge in [-0.2, -0.15) is 0 Å². The largest absolute Gasteiger partial charge is 0.487 e. The maximum Gasteiger partial charge on any atom is 0.127 e. The maximum absolute atomic E-state index is 13.2. The van der Waals surface area contributed by atoms with E-state index < -0.39 is 0 Å². The fraction of sp³-hybridized carbons (Fsp3) is 0.538. The van der Waals surface area contributed by atoms with Crippen molar-refractivity contribution in [1.29, 1.82) is 0 Å². The normalized spacial score (nSPS) is 23.0. The van der Waals surface area contributed by atoms with Crippen LogP contribution in [-0.2, 0) is 4.74 Å². The highest BCUT2D eigenvalue weighted by Gasteiger charge is 2.27. The molecule has 2 rings (SSSR count). The fourth-order valence-electron chi connectivity index (χ4n) is 2.24. The Kier molecular flexibility index (Phi) is 3.97. The van der Waals surface area contributed by atoms with Gasteiger partial charge in [0.2, 0.25) is 0 Å². The summed E-state index contributed by atoms with van der Waals surface area (Å²) < 4.78 is 24.0. The van der Waals surface area contributed by atoms with Crippen molar-refractivity contribution in [3.63, 3.8) is 0 Å². The van der Waals surface area contributed by atoms with Gasteiger partial charge in [-0.15, -0.1) is 0 Å². The number of methoxy groups -OCH3 is 1. The smallest absolute Gasteiger partial charge is 0.127 e. The molecule has 0 spiro atoms. The maximum atomic E-state index is 13.2. The monoisotopic (exact) mass is 239 g/mol. The predicted octanol–water partition coefficient (Wildman–Crippen LogP) is 2.27. The SMILES string of the molecule is CCNC1CC(COC)Oc2cc(F)ccc21. The van der Waals surface area contributed by atoms with Gasteiger partial charge in [0.05, 0.1) is 6.61 Å². The van der Waals surface area contributed by atoms with Gasteiger partial charge in [-0.25, -0.2) is 4.39 Å². The highest BCUT2D eigenvalue weighted by Crippen LogP contribution is 2.35. The van der Waals surface area contributed by atoms with Gasteiger partial charge in [-0.3, -0.25) is 0 Å². The van der Waals surface area contributed by atoms with E-state index in [1.807, 2.05) is 0 Å². The molecule has 1 heterocycles. The van der Waals surface area contributed by atoms with E-state index in [9.17, 15) is 4.39 Å². The molecular formula is C13H18FNO2. The molecule has 0 aliphatic carbocycles. The van der Waals surface area contributed by atoms with Crippen molar-refractivity contribution in [3.05, 3.63) is 29.6 Å². The number of halogens is 1. The molecule has 0 aromatic heterocycles. The molecule has 0 radical (unpaired) electrons. The van der Waals surface area contributed by atoms with E-state index in [0.29, 0.717) is 12.4 Å². The molecule has 0 saturated heterocycles. The number of nitrogens with one attached hydrogen (secondary N) is 1. The van der Waals surface area contributed by atoms with Crippen molar-refractivity contribution in [1.82, 2.24) is 5.32 Å². The molecule has 3 nitrogen and oxygen atoms in total. The summed E-state index contributed by atoms with van der Waals surface area (Å²) in [5, 5.41) is 3.39. The van der Waals surface area contributed by atoms with E-state index in [0.717, 1.165) is 18.5 Å². The van der Waals surface area contributed by atoms with Crippen LogP contribution in [0.15, 0.2) is 18.2 Å². The van der Waals surface area contributed by atoms with E-state index in [-0.39, 0.29) is 18.0 Å². The van der Waals surface area contributed by atoms with Crippen molar-refractivity contribution in [3.8, 4) is 5.75 Å². The third-order valence-corrected chi connectivity index (χ3v) is 2.95. The van der Waals surface area contributed by atoms with Crippen molar-refractivity contribution in [2.45, 2.75) is 25.5 Å². The summed E-state index contributed by atoms with van der Waals surface area (Å²) in [6.45, 7) is 3.46. The third-order valence-electron chi connectivity index (χ3n) is 2.95. The average Bonchev–Trinajstić information content (AvgIpc) is 2.29. The second-order valence-corrected chi connectivity index (χ2v) is 4.22. The minimum Gasteiger partial charge on any atom is -0.487 e. The molecule has 0 amide bonds. The van der Waals surface area contributed by atoms with E-state index in [1.165, 1.54) is 12.1 Å². The zero-order valence-electron chi connectivity index (χ0n) is 10.2. The van der Waals surface area contributed by atoms with Crippen LogP contribution in [0.3, 0.4) is 0 Å². The number of fused-ring (bicyclic) bond motifs is 1. The van der Waals surface area contributed by atoms with Gasteiger partial charge in [0.15, 0.2) is 0 Å². The van der Waals surface area contributed by atoms with Crippen molar-refractivity contribution < 1.29 is 13.9 Å². The van der Waals surface area contributed by atoms with Crippen molar-refractivity contribution in [2.24, 2.45) is 0 Å². The molecule has 17 heavy (non-hydrogen) atoms. The Labute approximate surface area is 101 Å². The van der Waals surface area contributed by atoms with Crippen LogP contribution in [0.1, 0.15) is 24.9 Å². The number of benzene rings is 1. The lowest BCUT2D eigenvalue weighted by atomic mass is 9.96. The summed E-state index contributed by atoms with van der Waals surface area (Å²) in [6, 6.07) is 4.93. The Morgan fingerprint density at radius 2 is 2.35 bits per heavy atom. The first-order valence-electron chi connectivity index (χ1n) is 5.93. The van der Waals surface area contributed by atoms with Gasteiger partial charge in [-0.1, -0.05) is 13.0 Å². The number of ether oxygens (including phenoxy) is 2. The molecule has 94 valence electrons. The molecule has 1 aliphatic rings. The van der Waals surface area contributed by atoms with E-state index in [2.05, 4.69) is 12.2 Å². The highest BCUT2D eigenvalue weighted by molar-refractivity contribution is 5.38. The van der Waals surface area contributed by atoms with Gasteiger partial charge in [0.25, 0.3) is 0 Å². The van der Waals surface area contributed by atoms with Crippen LogP contribution in [0, 0.1) is 5.82 Å². The van der Waals surface area contributed by atoms with Crippen LogP contribution in [0.4, 0.5) is 4.39 Å². The molecule has 1 N–H and O–H groups in total. The molecule has 4 heteroatoms. The van der Waals surface area contributed by atoms with E-state index >= 15 is 0 Å². The van der Waals surface area contributed by atoms with E-state index in [4.69, 9.17) is 9.47 Å². The van der Waals surface area contributed by atoms with Crippen LogP contribution >= 0.6 is 0 Å². The Balaban J connectivity index is 2.24. The van der Waals surface area contributed by atoms with Crippen molar-refractivity contribution in [2.75, 3.05) is 20.3 Å². The first-order valence-corrected chi connectivity index (χ1v) is 5.93. The van der Waals surface area contributed by atoms with Crippen LogP contribution in [0.25, 0.3) is 0 Å². The Morgan fingerprint density at radius 1 is 1.53 bits per heavy atom. The standard InChI is InChI=1S/C13H18FNO2/c1-3-15-12-7-10(8-16-2)17-13-6-9(14)4-5-11(12)13/h4-6,10,12,15H,3,7-8H2,1-2H3. The molecule has 0 fully saturated rings. The second-order valence-electron chi connectivity index (χ2n) is 4.22. The molecule has 0 bridgehead atoms. The molecule has 0 saturated carbocycles. The van der Waals surface area contributed by atoms with Crippen LogP contribution in [0.5, 0.6) is 5.75 Å². The molecule has 2 unspecified atom stereocenters. The summed E-state index contributed by atoms with van der Waals surface area (Å²) >= 11 is 0. The first kappa shape index (κ1) is 12.3. The summed E-state index contributed by atoms with van der Waals surface area (Å²) in [7, 11) is 1.65. The van der Waals surface area contributed by atoms with Gasteiger partial charge in [0, 0.05) is 31.2 Å². The van der Waals surface area contributed by atoms with Crippen LogP contribution in [0.2, 0.25) is 0 Å². The molecular weight excluding hydrogens is 221 g/mol. The Morgan fingerprint density at radius 3 is 3.06 bits per heavy atom.